The van der Waals surface area contributed by atoms with Crippen LogP contribution in [0.2, 0.25) is 0 Å². The van der Waals surface area contributed by atoms with Gasteiger partial charge in [0.1, 0.15) is 16.3 Å². The molecule has 1 amide bonds. The van der Waals surface area contributed by atoms with E-state index in [1.807, 2.05) is 17.5 Å². The third kappa shape index (κ3) is 5.33. The Bertz CT molecular complexity index is 1370. The zero-order valence-corrected chi connectivity index (χ0v) is 20.2. The Kier molecular flexibility index (Phi) is 6.47. The summed E-state index contributed by atoms with van der Waals surface area (Å²) in [5.74, 6) is 0.549. The molecule has 35 heavy (non-hydrogen) atoms. The van der Waals surface area contributed by atoms with Crippen LogP contribution in [0.15, 0.2) is 53.9 Å². The van der Waals surface area contributed by atoms with Crippen molar-refractivity contribution in [3.8, 4) is 11.6 Å². The highest BCUT2D eigenvalue weighted by atomic mass is 32.1. The molecule has 2 aromatic carbocycles. The molecule has 1 saturated heterocycles. The van der Waals surface area contributed by atoms with Gasteiger partial charge >= 0.3 is 0 Å². The number of aromatic nitrogens is 2. The Balaban J connectivity index is 1.39. The number of carbonyl (C=O) groups is 1. The van der Waals surface area contributed by atoms with Crippen molar-refractivity contribution >= 4 is 50.5 Å². The number of rotatable bonds is 6. The van der Waals surface area contributed by atoms with Crippen molar-refractivity contribution < 1.29 is 13.9 Å². The summed E-state index contributed by atoms with van der Waals surface area (Å²) in [6.45, 7) is 5.08. The number of hydrogen-bond donors (Lipinski definition) is 2. The van der Waals surface area contributed by atoms with Gasteiger partial charge in [-0.25, -0.2) is 9.37 Å². The largest absolute Gasteiger partial charge is 0.437 e. The van der Waals surface area contributed by atoms with Gasteiger partial charge in [-0.1, -0.05) is 6.07 Å². The number of carbonyl (C=O) groups excluding carboxylic acids is 1. The number of piperazine rings is 1. The number of nitrogens with zero attached hydrogens (tertiary/aromatic N) is 4. The molecule has 180 valence electrons. The fraction of sp³-hybridized carbons (Fsp3) is 0.240. The highest BCUT2D eigenvalue weighted by Crippen LogP contribution is 2.34. The summed E-state index contributed by atoms with van der Waals surface area (Å²) in [7, 11) is 2.09. The lowest BCUT2D eigenvalue weighted by Crippen LogP contribution is -2.44. The van der Waals surface area contributed by atoms with Crippen molar-refractivity contribution in [1.82, 2.24) is 14.9 Å². The second-order valence-corrected chi connectivity index (χ2v) is 9.29. The average molecular weight is 493 g/mol. The van der Waals surface area contributed by atoms with Gasteiger partial charge in [0, 0.05) is 50.5 Å². The van der Waals surface area contributed by atoms with E-state index in [0.29, 0.717) is 22.8 Å². The van der Waals surface area contributed by atoms with Gasteiger partial charge in [-0.05, 0) is 48.8 Å². The fourth-order valence-electron chi connectivity index (χ4n) is 3.90. The van der Waals surface area contributed by atoms with Gasteiger partial charge < -0.3 is 25.2 Å². The van der Waals surface area contributed by atoms with Crippen LogP contribution in [0.25, 0.3) is 10.2 Å². The number of halogens is 1. The van der Waals surface area contributed by atoms with E-state index in [1.54, 1.807) is 36.4 Å². The maximum Gasteiger partial charge on any atom is 0.242 e. The molecular weight excluding hydrogens is 467 g/mol. The molecule has 0 unspecified atom stereocenters. The molecule has 5 rings (SSSR count). The Labute approximate surface area is 206 Å². The fourth-order valence-corrected chi connectivity index (χ4v) is 4.66. The molecule has 1 fully saturated rings. The molecule has 3 heterocycles. The maximum atomic E-state index is 15.0. The van der Waals surface area contributed by atoms with Gasteiger partial charge in [-0.15, -0.1) is 11.3 Å². The van der Waals surface area contributed by atoms with Crippen LogP contribution in [0.3, 0.4) is 0 Å². The van der Waals surface area contributed by atoms with Crippen LogP contribution in [0, 0.1) is 5.82 Å². The van der Waals surface area contributed by atoms with Crippen LogP contribution in [-0.2, 0) is 4.79 Å². The van der Waals surface area contributed by atoms with Gasteiger partial charge in [-0.3, -0.25) is 4.79 Å². The zero-order valence-electron chi connectivity index (χ0n) is 19.4. The third-order valence-corrected chi connectivity index (χ3v) is 6.60. The SMILES string of the molecule is CC(=O)Nc1cccc(Oc2nc(Nc3ccc(N4CCN(C)CC4)cc3F)nc3ccsc23)c1. The number of likely N-dealkylation sites (N-methyl/N-ethyl adjacent to an activating group) is 1. The summed E-state index contributed by atoms with van der Waals surface area (Å²) >= 11 is 1.45. The van der Waals surface area contributed by atoms with Crippen molar-refractivity contribution in [3.63, 3.8) is 0 Å². The van der Waals surface area contributed by atoms with Crippen molar-refractivity contribution in [2.24, 2.45) is 0 Å². The van der Waals surface area contributed by atoms with E-state index in [2.05, 4.69) is 37.4 Å². The van der Waals surface area contributed by atoms with E-state index in [1.165, 1.54) is 18.3 Å². The van der Waals surface area contributed by atoms with Crippen LogP contribution >= 0.6 is 11.3 Å². The molecule has 0 atom stereocenters. The van der Waals surface area contributed by atoms with Gasteiger partial charge in [0.05, 0.1) is 11.2 Å². The summed E-state index contributed by atoms with van der Waals surface area (Å²) < 4.78 is 21.8. The lowest BCUT2D eigenvalue weighted by Gasteiger charge is -2.34. The highest BCUT2D eigenvalue weighted by Gasteiger charge is 2.17. The maximum absolute atomic E-state index is 15.0. The number of thiophene rings is 1. The molecule has 2 aromatic heterocycles. The molecule has 0 bridgehead atoms. The topological polar surface area (TPSA) is 82.6 Å². The monoisotopic (exact) mass is 492 g/mol. The molecule has 4 aromatic rings. The van der Waals surface area contributed by atoms with Crippen molar-refractivity contribution in [2.45, 2.75) is 6.92 Å². The minimum atomic E-state index is -0.374. The Morgan fingerprint density at radius 1 is 1.09 bits per heavy atom. The molecule has 10 heteroatoms. The van der Waals surface area contributed by atoms with E-state index < -0.39 is 0 Å². The first-order chi connectivity index (χ1) is 16.9. The lowest BCUT2D eigenvalue weighted by molar-refractivity contribution is -0.114. The number of hydrogen-bond acceptors (Lipinski definition) is 8. The van der Waals surface area contributed by atoms with Gasteiger partial charge in [0.25, 0.3) is 0 Å². The normalized spacial score (nSPS) is 14.2. The first-order valence-corrected chi connectivity index (χ1v) is 12.1. The number of ether oxygens (including phenoxy) is 1. The summed E-state index contributed by atoms with van der Waals surface area (Å²) in [4.78, 5) is 24.9. The quantitative estimate of drug-likeness (QED) is 0.389. The number of benzene rings is 2. The van der Waals surface area contributed by atoms with Crippen LogP contribution in [0.4, 0.5) is 27.4 Å². The minimum Gasteiger partial charge on any atom is -0.437 e. The van der Waals surface area contributed by atoms with E-state index in [9.17, 15) is 9.18 Å². The summed E-state index contributed by atoms with van der Waals surface area (Å²) in [5, 5.41) is 7.63. The number of fused-ring (bicyclic) bond motifs is 1. The van der Waals surface area contributed by atoms with Gasteiger partial charge in [-0.2, -0.15) is 4.98 Å². The van der Waals surface area contributed by atoms with Crippen LogP contribution in [-0.4, -0.2) is 54.0 Å². The van der Waals surface area contributed by atoms with Gasteiger partial charge in [0.2, 0.25) is 17.7 Å². The predicted molar refractivity (Wildman–Crippen MR) is 138 cm³/mol. The smallest absolute Gasteiger partial charge is 0.242 e. The lowest BCUT2D eigenvalue weighted by atomic mass is 10.2. The van der Waals surface area contributed by atoms with E-state index in [-0.39, 0.29) is 23.4 Å². The number of nitrogens with one attached hydrogen (secondary N) is 2. The standard InChI is InChI=1S/C25H25FN6O2S/c1-16(33)27-17-4-3-5-19(14-17)34-24-23-22(8-13-35-23)29-25(30-24)28-21-7-6-18(15-20(21)26)32-11-9-31(2)10-12-32/h3-8,13-15H,9-12H2,1-2H3,(H,27,33)(H,28,29,30). The van der Waals surface area contributed by atoms with Crippen LogP contribution in [0.1, 0.15) is 6.92 Å². The summed E-state index contributed by atoms with van der Waals surface area (Å²) in [5.41, 5.74) is 2.46. The minimum absolute atomic E-state index is 0.169. The first-order valence-electron chi connectivity index (χ1n) is 11.3. The second-order valence-electron chi connectivity index (χ2n) is 8.38. The molecule has 2 N–H and O–H groups in total. The first kappa shape index (κ1) is 23.0. The zero-order chi connectivity index (χ0) is 24.4. The van der Waals surface area contributed by atoms with Crippen molar-refractivity contribution in [1.29, 1.82) is 0 Å². The van der Waals surface area contributed by atoms with Crippen LogP contribution < -0.4 is 20.3 Å². The average Bonchev–Trinajstić information content (AvgIpc) is 3.30. The van der Waals surface area contributed by atoms with Crippen molar-refractivity contribution in [2.75, 3.05) is 48.8 Å². The summed E-state index contributed by atoms with van der Waals surface area (Å²) in [6, 6.07) is 14.1. The molecule has 1 aliphatic rings. The van der Waals surface area contributed by atoms with Crippen LogP contribution in [0.5, 0.6) is 11.6 Å². The molecule has 0 radical (unpaired) electrons. The molecule has 1 aliphatic heterocycles. The molecule has 0 spiro atoms. The molecule has 0 aliphatic carbocycles. The highest BCUT2D eigenvalue weighted by molar-refractivity contribution is 7.17. The van der Waals surface area contributed by atoms with Gasteiger partial charge in [0.15, 0.2) is 0 Å². The van der Waals surface area contributed by atoms with Crippen molar-refractivity contribution in [3.05, 3.63) is 59.7 Å². The van der Waals surface area contributed by atoms with E-state index >= 15 is 0 Å². The second kappa shape index (κ2) is 9.85. The Morgan fingerprint density at radius 2 is 1.91 bits per heavy atom. The summed E-state index contributed by atoms with van der Waals surface area (Å²) in [6.07, 6.45) is 0. The van der Waals surface area contributed by atoms with E-state index in [4.69, 9.17) is 4.74 Å². The molecule has 0 saturated carbocycles. The molecular formula is C25H25FN6O2S. The van der Waals surface area contributed by atoms with E-state index in [0.717, 1.165) is 36.6 Å². The third-order valence-electron chi connectivity index (χ3n) is 5.71. The Morgan fingerprint density at radius 3 is 2.69 bits per heavy atom. The molecule has 8 nitrogen and oxygen atoms in total. The predicted octanol–water partition coefficient (Wildman–Crippen LogP) is 5.08. The Hall–Kier alpha value is -3.76. The number of amides is 1. The number of anilines is 4.